The molecule has 0 saturated carbocycles. The molecule has 1 saturated heterocycles. The Labute approximate surface area is 114 Å². The summed E-state index contributed by atoms with van der Waals surface area (Å²) in [6.07, 6.45) is 0. The number of benzene rings is 1. The first-order valence-electron chi connectivity index (χ1n) is 5.73. The molecular weight excluding hydrogens is 298 g/mol. The van der Waals surface area contributed by atoms with Gasteiger partial charge in [-0.15, -0.1) is 0 Å². The van der Waals surface area contributed by atoms with E-state index in [1.807, 2.05) is 12.1 Å². The van der Waals surface area contributed by atoms with Crippen molar-refractivity contribution in [3.63, 3.8) is 0 Å². The minimum Gasteiger partial charge on any atom is -0.456 e. The van der Waals surface area contributed by atoms with Crippen LogP contribution in [0.25, 0.3) is 0 Å². The number of hydrogen-bond donors (Lipinski definition) is 0. The fourth-order valence-electron chi connectivity index (χ4n) is 1.88. The number of rotatable bonds is 3. The molecule has 96 valence electrons. The number of likely N-dealkylation sites (tertiary alicyclic amines) is 1. The van der Waals surface area contributed by atoms with E-state index in [0.717, 1.165) is 4.47 Å². The average molecular weight is 312 g/mol. The molecule has 2 rings (SSSR count). The number of carbonyl (C=O) groups is 2. The first-order chi connectivity index (χ1) is 8.56. The molecule has 1 aliphatic rings. The molecule has 1 aromatic rings. The van der Waals surface area contributed by atoms with Crippen molar-refractivity contribution in [1.82, 2.24) is 4.90 Å². The molecule has 0 aromatic heterocycles. The minimum absolute atomic E-state index is 0.126. The van der Waals surface area contributed by atoms with Crippen LogP contribution >= 0.6 is 15.9 Å². The summed E-state index contributed by atoms with van der Waals surface area (Å²) in [4.78, 5) is 23.9. The molecule has 0 aliphatic carbocycles. The van der Waals surface area contributed by atoms with Gasteiger partial charge in [0.2, 0.25) is 0 Å². The van der Waals surface area contributed by atoms with Crippen molar-refractivity contribution >= 4 is 27.8 Å². The van der Waals surface area contributed by atoms with Crippen molar-refractivity contribution in [2.45, 2.75) is 12.8 Å². The predicted octanol–water partition coefficient (Wildman–Crippen LogP) is 1.94. The summed E-state index contributed by atoms with van der Waals surface area (Å²) in [5.74, 6) is -0.161. The number of amides is 1. The van der Waals surface area contributed by atoms with Crippen LogP contribution in [-0.2, 0) is 14.3 Å². The van der Waals surface area contributed by atoms with Crippen molar-refractivity contribution in [2.24, 2.45) is 0 Å². The van der Waals surface area contributed by atoms with Gasteiger partial charge < -0.3 is 9.64 Å². The summed E-state index contributed by atoms with van der Waals surface area (Å²) < 4.78 is 5.73. The largest absolute Gasteiger partial charge is 0.456 e. The predicted molar refractivity (Wildman–Crippen MR) is 70.1 cm³/mol. The SMILES string of the molecule is CC(=O)OCC(=O)N1CC(c2ccc(Br)cc2)C1. The van der Waals surface area contributed by atoms with Crippen LogP contribution in [0.4, 0.5) is 0 Å². The third kappa shape index (κ3) is 3.10. The molecule has 4 nitrogen and oxygen atoms in total. The molecule has 1 heterocycles. The third-order valence-corrected chi connectivity index (χ3v) is 3.50. The van der Waals surface area contributed by atoms with Crippen LogP contribution in [0, 0.1) is 0 Å². The van der Waals surface area contributed by atoms with Gasteiger partial charge in [-0.3, -0.25) is 9.59 Å². The van der Waals surface area contributed by atoms with Crippen LogP contribution in [0.15, 0.2) is 28.7 Å². The van der Waals surface area contributed by atoms with Crippen LogP contribution in [0.3, 0.4) is 0 Å². The Hall–Kier alpha value is -1.36. The fourth-order valence-corrected chi connectivity index (χ4v) is 2.15. The third-order valence-electron chi connectivity index (χ3n) is 2.97. The van der Waals surface area contributed by atoms with Crippen molar-refractivity contribution in [2.75, 3.05) is 19.7 Å². The molecule has 1 aliphatic heterocycles. The molecule has 18 heavy (non-hydrogen) atoms. The number of carbonyl (C=O) groups excluding carboxylic acids is 2. The lowest BCUT2D eigenvalue weighted by Crippen LogP contribution is -2.49. The molecule has 0 atom stereocenters. The van der Waals surface area contributed by atoms with E-state index in [9.17, 15) is 9.59 Å². The second-order valence-electron chi connectivity index (χ2n) is 4.33. The van der Waals surface area contributed by atoms with Gasteiger partial charge in [0.1, 0.15) is 0 Å². The normalized spacial score (nSPS) is 15.1. The standard InChI is InChI=1S/C13H14BrNO3/c1-9(16)18-8-13(17)15-6-11(7-15)10-2-4-12(14)5-3-10/h2-5,11H,6-8H2,1H3. The average Bonchev–Trinajstić information content (AvgIpc) is 2.27. The Morgan fingerprint density at radius 3 is 2.50 bits per heavy atom. The Morgan fingerprint density at radius 2 is 1.94 bits per heavy atom. The summed E-state index contributed by atoms with van der Waals surface area (Å²) in [6, 6.07) is 8.11. The first-order valence-corrected chi connectivity index (χ1v) is 6.52. The highest BCUT2D eigenvalue weighted by molar-refractivity contribution is 9.10. The summed E-state index contributed by atoms with van der Waals surface area (Å²) in [5, 5.41) is 0. The van der Waals surface area contributed by atoms with E-state index in [2.05, 4.69) is 32.8 Å². The number of ether oxygens (including phenoxy) is 1. The second-order valence-corrected chi connectivity index (χ2v) is 5.24. The van der Waals surface area contributed by atoms with E-state index in [-0.39, 0.29) is 12.5 Å². The van der Waals surface area contributed by atoms with E-state index < -0.39 is 5.97 Å². The second kappa shape index (κ2) is 5.52. The van der Waals surface area contributed by atoms with Crippen molar-refractivity contribution in [3.05, 3.63) is 34.3 Å². The molecule has 5 heteroatoms. The Kier molecular flexibility index (Phi) is 4.01. The van der Waals surface area contributed by atoms with Gasteiger partial charge in [0.25, 0.3) is 5.91 Å². The molecule has 1 fully saturated rings. The molecule has 0 spiro atoms. The van der Waals surface area contributed by atoms with Gasteiger partial charge in [-0.2, -0.15) is 0 Å². The van der Waals surface area contributed by atoms with E-state index in [0.29, 0.717) is 19.0 Å². The first kappa shape index (κ1) is 13.1. The Balaban J connectivity index is 1.81. The van der Waals surface area contributed by atoms with Crippen molar-refractivity contribution in [1.29, 1.82) is 0 Å². The summed E-state index contributed by atoms with van der Waals surface area (Å²) in [6.45, 7) is 2.54. The summed E-state index contributed by atoms with van der Waals surface area (Å²) in [5.41, 5.74) is 1.23. The van der Waals surface area contributed by atoms with Crippen LogP contribution in [-0.4, -0.2) is 36.5 Å². The highest BCUT2D eigenvalue weighted by Crippen LogP contribution is 2.27. The fraction of sp³-hybridized carbons (Fsp3) is 0.385. The van der Waals surface area contributed by atoms with Gasteiger partial charge in [0.05, 0.1) is 0 Å². The van der Waals surface area contributed by atoms with Gasteiger partial charge in [-0.1, -0.05) is 28.1 Å². The van der Waals surface area contributed by atoms with E-state index >= 15 is 0 Å². The molecule has 0 unspecified atom stereocenters. The molecular formula is C13H14BrNO3. The summed E-state index contributed by atoms with van der Waals surface area (Å²) in [7, 11) is 0. The zero-order chi connectivity index (χ0) is 13.1. The van der Waals surface area contributed by atoms with Gasteiger partial charge in [-0.25, -0.2) is 0 Å². The van der Waals surface area contributed by atoms with E-state index in [1.54, 1.807) is 4.90 Å². The minimum atomic E-state index is -0.423. The van der Waals surface area contributed by atoms with Crippen molar-refractivity contribution < 1.29 is 14.3 Å². The molecule has 0 N–H and O–H groups in total. The summed E-state index contributed by atoms with van der Waals surface area (Å²) >= 11 is 3.39. The Morgan fingerprint density at radius 1 is 1.33 bits per heavy atom. The molecule has 1 amide bonds. The number of nitrogens with zero attached hydrogens (tertiary/aromatic N) is 1. The molecule has 0 radical (unpaired) electrons. The smallest absolute Gasteiger partial charge is 0.303 e. The van der Waals surface area contributed by atoms with Crippen LogP contribution in [0.5, 0.6) is 0 Å². The van der Waals surface area contributed by atoms with Gasteiger partial charge in [0, 0.05) is 30.4 Å². The number of esters is 1. The highest BCUT2D eigenvalue weighted by Gasteiger charge is 2.31. The Bertz CT molecular complexity index is 452. The zero-order valence-electron chi connectivity index (χ0n) is 10.1. The lowest BCUT2D eigenvalue weighted by Gasteiger charge is -2.39. The van der Waals surface area contributed by atoms with Crippen LogP contribution < -0.4 is 0 Å². The topological polar surface area (TPSA) is 46.6 Å². The van der Waals surface area contributed by atoms with E-state index in [4.69, 9.17) is 0 Å². The van der Waals surface area contributed by atoms with E-state index in [1.165, 1.54) is 12.5 Å². The monoisotopic (exact) mass is 311 g/mol. The molecule has 1 aromatic carbocycles. The number of hydrogen-bond acceptors (Lipinski definition) is 3. The van der Waals surface area contributed by atoms with Crippen molar-refractivity contribution in [3.8, 4) is 0 Å². The zero-order valence-corrected chi connectivity index (χ0v) is 11.6. The van der Waals surface area contributed by atoms with Crippen LogP contribution in [0.1, 0.15) is 18.4 Å². The maximum atomic E-state index is 11.6. The quantitative estimate of drug-likeness (QED) is 0.801. The maximum Gasteiger partial charge on any atom is 0.303 e. The van der Waals surface area contributed by atoms with Gasteiger partial charge in [0.15, 0.2) is 6.61 Å². The highest BCUT2D eigenvalue weighted by atomic mass is 79.9. The lowest BCUT2D eigenvalue weighted by atomic mass is 9.91. The van der Waals surface area contributed by atoms with Crippen LogP contribution in [0.2, 0.25) is 0 Å². The van der Waals surface area contributed by atoms with Gasteiger partial charge >= 0.3 is 5.97 Å². The molecule has 0 bridgehead atoms. The number of halogens is 1. The lowest BCUT2D eigenvalue weighted by molar-refractivity contribution is -0.152. The maximum absolute atomic E-state index is 11.6. The van der Waals surface area contributed by atoms with Gasteiger partial charge in [-0.05, 0) is 17.7 Å².